The van der Waals surface area contributed by atoms with Crippen molar-refractivity contribution in [2.75, 3.05) is 10.1 Å². The first-order valence-electron chi connectivity index (χ1n) is 11.3. The van der Waals surface area contributed by atoms with E-state index in [4.69, 9.17) is 0 Å². The Morgan fingerprint density at radius 2 is 1.14 bits per heavy atom. The lowest BCUT2D eigenvalue weighted by molar-refractivity contribution is -0.649. The molecule has 6 rings (SSSR count). The second-order valence-corrected chi connectivity index (χ2v) is 7.72. The van der Waals surface area contributed by atoms with E-state index in [1.54, 1.807) is 9.69 Å². The number of para-hydroxylation sites is 4. The molecule has 0 fully saturated rings. The molecule has 0 saturated heterocycles. The van der Waals surface area contributed by atoms with Crippen molar-refractivity contribution in [3.63, 3.8) is 0 Å². The number of guanidine groups is 1. The fraction of sp³-hybridized carbons (Fsp3) is 0. The van der Waals surface area contributed by atoms with Gasteiger partial charge in [0.05, 0.1) is 16.5 Å². The minimum Gasteiger partial charge on any atom is -0.200 e. The fourth-order valence-electron chi connectivity index (χ4n) is 3.57. The van der Waals surface area contributed by atoms with Crippen molar-refractivity contribution in [1.82, 2.24) is 20.6 Å². The van der Waals surface area contributed by atoms with Crippen LogP contribution in [-0.4, -0.2) is 21.1 Å². The summed E-state index contributed by atoms with van der Waals surface area (Å²) in [7, 11) is 0. The molecule has 2 heterocycles. The van der Waals surface area contributed by atoms with Crippen LogP contribution in [0.25, 0.3) is 11.4 Å². The van der Waals surface area contributed by atoms with Gasteiger partial charge in [-0.05, 0) is 58.4 Å². The largest absolute Gasteiger partial charge is 0.461 e. The van der Waals surface area contributed by atoms with Gasteiger partial charge in [0.25, 0.3) is 5.96 Å². The zero-order valence-corrected chi connectivity index (χ0v) is 19.0. The molecule has 0 N–H and O–H groups in total. The number of rotatable bonds is 5. The highest BCUT2D eigenvalue weighted by atomic mass is 16.3. The summed E-state index contributed by atoms with van der Waals surface area (Å²) in [5.41, 5.74) is 7.83. The van der Waals surface area contributed by atoms with Crippen molar-refractivity contribution in [1.29, 1.82) is 0 Å². The molecule has 5 aromatic rings. The number of hydrogen-bond donors (Lipinski definition) is 0. The first kappa shape index (κ1) is 21.3. The zero-order chi connectivity index (χ0) is 24.2. The molecule has 0 atom stereocenters. The van der Waals surface area contributed by atoms with E-state index in [0.717, 1.165) is 22.7 Å². The van der Waals surface area contributed by atoms with Crippen molar-refractivity contribution < 1.29 is 4.68 Å². The molecule has 1 aromatic heterocycles. The first-order valence-corrected chi connectivity index (χ1v) is 11.3. The normalized spacial score (nSPS) is 13.4. The maximum Gasteiger partial charge on any atom is 0.461 e. The molecule has 4 aromatic carbocycles. The van der Waals surface area contributed by atoms with Gasteiger partial charge in [-0.2, -0.15) is 10.1 Å². The van der Waals surface area contributed by atoms with Crippen LogP contribution < -0.4 is 20.3 Å². The minimum absolute atomic E-state index is 0.291. The van der Waals surface area contributed by atoms with Gasteiger partial charge in [0.15, 0.2) is 0 Å². The highest BCUT2D eigenvalue weighted by Gasteiger charge is 2.29. The van der Waals surface area contributed by atoms with Crippen LogP contribution in [0.5, 0.6) is 0 Å². The van der Waals surface area contributed by atoms with Crippen LogP contribution in [0.1, 0.15) is 0 Å². The molecule has 1 aliphatic heterocycles. The summed E-state index contributed by atoms with van der Waals surface area (Å²) < 4.78 is 1.63. The lowest BCUT2D eigenvalue weighted by Crippen LogP contribution is -2.36. The lowest BCUT2D eigenvalue weighted by Gasteiger charge is -2.16. The van der Waals surface area contributed by atoms with Crippen LogP contribution in [0.4, 0.5) is 17.3 Å². The number of aromatic nitrogens is 4. The monoisotopic (exact) mass is 476 g/mol. The van der Waals surface area contributed by atoms with E-state index in [-0.39, 0.29) is 0 Å². The lowest BCUT2D eigenvalue weighted by atomic mass is 10.3. The average Bonchev–Trinajstić information content (AvgIpc) is 3.59. The molecule has 0 unspecified atom stereocenters. The van der Waals surface area contributed by atoms with Crippen LogP contribution in [-0.2, 0) is 0 Å². The van der Waals surface area contributed by atoms with Crippen LogP contribution in [0.2, 0.25) is 0 Å². The standard InChI is InChI=1S/C26H20N10/c1-5-13-21(14-6-1)33-25(29-35(31-33)23-17-9-3-10-18-23)27-28-26-30-36(24-19-11-4-12-20-24)32-34(26)22-15-7-2-8-16-22/h1-20H/q+1/b28-27+/i27+1,28+1,31+1,32+1. The van der Waals surface area contributed by atoms with Crippen LogP contribution in [0, 0.1) is 0 Å². The predicted octanol–water partition coefficient (Wildman–Crippen LogP) is 4.36. The number of tetrazole rings is 1. The number of benzene rings is 4. The SMILES string of the molecule is c1ccc(N2N=C(/[15N]=[15N]/c3nn(-c4ccccc4)[15n][n+]3-c3ccccc3)N(c3ccccc3)[15N]2)cc1. The third-order valence-corrected chi connectivity index (χ3v) is 5.30. The van der Waals surface area contributed by atoms with E-state index >= 15 is 0 Å². The highest BCUT2D eigenvalue weighted by molar-refractivity contribution is 5.98. The summed E-state index contributed by atoms with van der Waals surface area (Å²) in [5.74, 6) is 0.581. The van der Waals surface area contributed by atoms with Crippen molar-refractivity contribution in [2.45, 2.75) is 0 Å². The maximum absolute atomic E-state index is 4.62. The average molecular weight is 476 g/mol. The van der Waals surface area contributed by atoms with Gasteiger partial charge in [0, 0.05) is 15.9 Å². The number of anilines is 2. The van der Waals surface area contributed by atoms with Gasteiger partial charge in [-0.25, -0.2) is 0 Å². The van der Waals surface area contributed by atoms with Gasteiger partial charge < -0.3 is 0 Å². The van der Waals surface area contributed by atoms with Crippen LogP contribution in [0.3, 0.4) is 0 Å². The van der Waals surface area contributed by atoms with Gasteiger partial charge >= 0.3 is 5.95 Å². The van der Waals surface area contributed by atoms with Crippen molar-refractivity contribution in [2.24, 2.45) is 15.3 Å². The molecule has 1 radical (unpaired) electrons. The molecule has 1 aliphatic rings. The summed E-state index contributed by atoms with van der Waals surface area (Å²) >= 11 is 0. The van der Waals surface area contributed by atoms with Gasteiger partial charge in [-0.1, -0.05) is 77.5 Å². The molecule has 0 spiro atoms. The van der Waals surface area contributed by atoms with E-state index < -0.39 is 0 Å². The third-order valence-electron chi connectivity index (χ3n) is 5.30. The molecule has 10 nitrogen and oxygen atoms in total. The van der Waals surface area contributed by atoms with E-state index in [9.17, 15) is 0 Å². The third kappa shape index (κ3) is 4.31. The summed E-state index contributed by atoms with van der Waals surface area (Å²) in [6.07, 6.45) is 0. The topological polar surface area (TPSA) is 92.2 Å². The van der Waals surface area contributed by atoms with Crippen LogP contribution in [0.15, 0.2) is 137 Å². The second kappa shape index (κ2) is 9.57. The number of nitrogens with zero attached hydrogens (tertiary/aromatic N) is 10. The van der Waals surface area contributed by atoms with Crippen LogP contribution >= 0.6 is 0 Å². The Balaban J connectivity index is 1.40. The Labute approximate surface area is 207 Å². The summed E-state index contributed by atoms with van der Waals surface area (Å²) in [6.45, 7) is 0. The molecule has 0 amide bonds. The molecule has 0 saturated carbocycles. The Morgan fingerprint density at radius 3 is 1.78 bits per heavy atom. The van der Waals surface area contributed by atoms with E-state index in [1.807, 2.05) is 121 Å². The van der Waals surface area contributed by atoms with Gasteiger partial charge in [-0.3, -0.25) is 0 Å². The summed E-state index contributed by atoms with van der Waals surface area (Å²) in [4.78, 5) is 1.52. The summed E-state index contributed by atoms with van der Waals surface area (Å²) in [6, 6.07) is 38.6. The van der Waals surface area contributed by atoms with Gasteiger partial charge in [0.1, 0.15) is 11.4 Å². The Kier molecular flexibility index (Phi) is 5.67. The molecule has 0 bridgehead atoms. The van der Waals surface area contributed by atoms with Crippen molar-refractivity contribution >= 4 is 23.3 Å². The quantitative estimate of drug-likeness (QED) is 0.214. The second-order valence-electron chi connectivity index (χ2n) is 7.72. The van der Waals surface area contributed by atoms with Gasteiger partial charge in [0.2, 0.25) is 0 Å². The number of azo groups is 1. The highest BCUT2D eigenvalue weighted by Crippen LogP contribution is 2.23. The molecule has 0 aliphatic carbocycles. The first-order chi connectivity index (χ1) is 17.8. The van der Waals surface area contributed by atoms with Crippen molar-refractivity contribution in [3.8, 4) is 11.4 Å². The Morgan fingerprint density at radius 1 is 0.583 bits per heavy atom. The fourth-order valence-corrected chi connectivity index (χ4v) is 3.57. The van der Waals surface area contributed by atoms with E-state index in [2.05, 4.69) is 31.2 Å². The Bertz CT molecular complexity index is 1500. The van der Waals surface area contributed by atoms with E-state index in [1.165, 1.54) is 9.91 Å². The molecular weight excluding hydrogens is 456 g/mol. The minimum atomic E-state index is 0.291. The molecule has 10 heteroatoms. The Hall–Kier alpha value is -5.22. The summed E-state index contributed by atoms with van der Waals surface area (Å²) in [5, 5.41) is 25.8. The smallest absolute Gasteiger partial charge is 0.200 e. The number of hydrogen-bond acceptors (Lipinski definition) is 7. The van der Waals surface area contributed by atoms with Gasteiger partial charge in [-0.15, -0.1) is 5.10 Å². The van der Waals surface area contributed by atoms with Crippen molar-refractivity contribution in [3.05, 3.63) is 121 Å². The predicted molar refractivity (Wildman–Crippen MR) is 135 cm³/mol. The van der Waals surface area contributed by atoms with E-state index in [0.29, 0.717) is 11.9 Å². The zero-order valence-electron chi connectivity index (χ0n) is 19.0. The molecular formula is C26H20N10+. The molecule has 173 valence electrons. The molecule has 36 heavy (non-hydrogen) atoms. The number of hydrazone groups is 1. The maximum atomic E-state index is 4.62.